The average Bonchev–Trinajstić information content (AvgIpc) is 2.12. The van der Waals surface area contributed by atoms with Gasteiger partial charge in [-0.25, -0.2) is 0 Å². The first-order chi connectivity index (χ1) is 3.80. The zero-order valence-corrected chi connectivity index (χ0v) is 5.38. The van der Waals surface area contributed by atoms with Gasteiger partial charge in [0.2, 0.25) is 0 Å². The number of rotatable bonds is 0. The Hall–Kier alpha value is -0.180. The van der Waals surface area contributed by atoms with Gasteiger partial charge in [-0.1, -0.05) is 0 Å². The van der Waals surface area contributed by atoms with E-state index in [0.29, 0.717) is 0 Å². The van der Waals surface area contributed by atoms with Gasteiger partial charge in [-0.15, -0.1) is 0 Å². The minimum absolute atomic E-state index is 0.442. The lowest BCUT2D eigenvalue weighted by Crippen LogP contribution is -2.21. The van der Waals surface area contributed by atoms with Gasteiger partial charge in [0.1, 0.15) is 0 Å². The summed E-state index contributed by atoms with van der Waals surface area (Å²) >= 11 is 4.31. The molecule has 0 atom stereocenters. The largest absolute Gasteiger partial charge is 0.339 e. The van der Waals surface area contributed by atoms with Crippen LogP contribution in [0.4, 0.5) is 4.39 Å². The lowest BCUT2D eigenvalue weighted by molar-refractivity contribution is 0.471. The quantitative estimate of drug-likeness (QED) is 0.279. The van der Waals surface area contributed by atoms with Crippen molar-refractivity contribution in [2.75, 3.05) is 13.1 Å². The minimum atomic E-state index is -0.442. The summed E-state index contributed by atoms with van der Waals surface area (Å²) in [5, 5.41) is -0.442. The SMILES string of the molecule is FC(=S)N1CCCC1. The molecule has 0 aliphatic carbocycles. The third-order valence-electron chi connectivity index (χ3n) is 1.35. The predicted molar refractivity (Wildman–Crippen MR) is 34.5 cm³/mol. The molecule has 0 unspecified atom stereocenters. The standard InChI is InChI=1S/C5H8FNS/c6-5(8)7-3-1-2-4-7/h1-4H2. The molecule has 0 spiro atoms. The van der Waals surface area contributed by atoms with Gasteiger partial charge in [0.15, 0.2) is 0 Å². The Morgan fingerprint density at radius 1 is 1.38 bits per heavy atom. The second-order valence-electron chi connectivity index (χ2n) is 1.95. The fourth-order valence-electron chi connectivity index (χ4n) is 0.893. The van der Waals surface area contributed by atoms with Gasteiger partial charge in [-0.3, -0.25) is 0 Å². The van der Waals surface area contributed by atoms with Crippen molar-refractivity contribution >= 4 is 17.5 Å². The first-order valence-corrected chi connectivity index (χ1v) is 3.16. The van der Waals surface area contributed by atoms with E-state index in [1.54, 1.807) is 4.90 Å². The topological polar surface area (TPSA) is 3.24 Å². The Balaban J connectivity index is 2.35. The molecular formula is C5H8FNS. The first-order valence-electron chi connectivity index (χ1n) is 2.75. The van der Waals surface area contributed by atoms with Crippen molar-refractivity contribution in [2.45, 2.75) is 12.8 Å². The van der Waals surface area contributed by atoms with E-state index in [4.69, 9.17) is 0 Å². The summed E-state index contributed by atoms with van der Waals surface area (Å²) in [5.74, 6) is 0. The first kappa shape index (κ1) is 5.95. The highest BCUT2D eigenvalue weighted by molar-refractivity contribution is 7.79. The van der Waals surface area contributed by atoms with Crippen LogP contribution in [0.2, 0.25) is 0 Å². The highest BCUT2D eigenvalue weighted by Crippen LogP contribution is 2.08. The molecule has 0 N–H and O–H groups in total. The molecule has 1 aliphatic heterocycles. The second-order valence-corrected chi connectivity index (χ2v) is 2.28. The Bertz CT molecular complexity index is 98.6. The normalized spacial score (nSPS) is 19.4. The Labute approximate surface area is 53.5 Å². The highest BCUT2D eigenvalue weighted by Gasteiger charge is 2.12. The van der Waals surface area contributed by atoms with E-state index in [1.165, 1.54) is 0 Å². The summed E-state index contributed by atoms with van der Waals surface area (Å²) in [4.78, 5) is 1.59. The molecule has 8 heavy (non-hydrogen) atoms. The zero-order valence-electron chi connectivity index (χ0n) is 4.56. The summed E-state index contributed by atoms with van der Waals surface area (Å²) in [7, 11) is 0. The van der Waals surface area contributed by atoms with Crippen LogP contribution in [0.5, 0.6) is 0 Å². The molecule has 0 saturated carbocycles. The number of halogens is 1. The number of nitrogens with zero attached hydrogens (tertiary/aromatic N) is 1. The molecule has 3 heteroatoms. The molecule has 1 rings (SSSR count). The Morgan fingerprint density at radius 3 is 2.12 bits per heavy atom. The van der Waals surface area contributed by atoms with E-state index in [9.17, 15) is 4.39 Å². The van der Waals surface area contributed by atoms with Gasteiger partial charge < -0.3 is 4.90 Å². The maximum Gasteiger partial charge on any atom is 0.255 e. The molecular weight excluding hydrogens is 125 g/mol. The molecule has 0 amide bonds. The molecule has 0 aromatic carbocycles. The van der Waals surface area contributed by atoms with Crippen molar-refractivity contribution in [3.8, 4) is 0 Å². The molecule has 1 fully saturated rings. The lowest BCUT2D eigenvalue weighted by atomic mass is 10.4. The number of thiocarbonyl (C=S) groups is 1. The monoisotopic (exact) mass is 133 g/mol. The minimum Gasteiger partial charge on any atom is -0.339 e. The van der Waals surface area contributed by atoms with Crippen LogP contribution in [0.1, 0.15) is 12.8 Å². The van der Waals surface area contributed by atoms with E-state index in [1.807, 2.05) is 0 Å². The molecule has 1 nitrogen and oxygen atoms in total. The van der Waals surface area contributed by atoms with Gasteiger partial charge >= 0.3 is 0 Å². The summed E-state index contributed by atoms with van der Waals surface area (Å²) in [6, 6.07) is 0. The van der Waals surface area contributed by atoms with Crippen LogP contribution in [-0.2, 0) is 0 Å². The Kier molecular flexibility index (Phi) is 1.78. The second kappa shape index (κ2) is 2.40. The summed E-state index contributed by atoms with van der Waals surface area (Å²) in [6.45, 7) is 1.63. The highest BCUT2D eigenvalue weighted by atomic mass is 32.1. The fourth-order valence-corrected chi connectivity index (χ4v) is 1.08. The molecule has 0 radical (unpaired) electrons. The average molecular weight is 133 g/mol. The third kappa shape index (κ3) is 1.15. The molecule has 0 aromatic heterocycles. The van der Waals surface area contributed by atoms with Crippen molar-refractivity contribution < 1.29 is 4.39 Å². The molecule has 0 bridgehead atoms. The van der Waals surface area contributed by atoms with Crippen molar-refractivity contribution in [3.05, 3.63) is 0 Å². The van der Waals surface area contributed by atoms with Crippen LogP contribution < -0.4 is 0 Å². The van der Waals surface area contributed by atoms with Crippen molar-refractivity contribution in [2.24, 2.45) is 0 Å². The summed E-state index contributed by atoms with van der Waals surface area (Å²) < 4.78 is 12.1. The maximum absolute atomic E-state index is 12.1. The van der Waals surface area contributed by atoms with E-state index in [-0.39, 0.29) is 0 Å². The van der Waals surface area contributed by atoms with Crippen molar-refractivity contribution in [1.82, 2.24) is 4.90 Å². The Morgan fingerprint density at radius 2 is 1.88 bits per heavy atom. The van der Waals surface area contributed by atoms with Gasteiger partial charge in [0.05, 0.1) is 0 Å². The van der Waals surface area contributed by atoms with Crippen LogP contribution in [0.15, 0.2) is 0 Å². The van der Waals surface area contributed by atoms with Crippen molar-refractivity contribution in [3.63, 3.8) is 0 Å². The van der Waals surface area contributed by atoms with Gasteiger partial charge in [0.25, 0.3) is 5.24 Å². The number of hydrogen-bond donors (Lipinski definition) is 0. The van der Waals surface area contributed by atoms with E-state index in [2.05, 4.69) is 12.2 Å². The van der Waals surface area contributed by atoms with Crippen LogP contribution in [0.3, 0.4) is 0 Å². The van der Waals surface area contributed by atoms with Gasteiger partial charge in [-0.2, -0.15) is 4.39 Å². The van der Waals surface area contributed by atoms with Crippen LogP contribution in [-0.4, -0.2) is 23.2 Å². The van der Waals surface area contributed by atoms with Gasteiger partial charge in [-0.05, 0) is 25.1 Å². The molecule has 1 saturated heterocycles. The van der Waals surface area contributed by atoms with Crippen LogP contribution in [0.25, 0.3) is 0 Å². The fraction of sp³-hybridized carbons (Fsp3) is 0.800. The molecule has 1 aliphatic rings. The van der Waals surface area contributed by atoms with E-state index >= 15 is 0 Å². The lowest BCUT2D eigenvalue weighted by Gasteiger charge is -2.09. The number of hydrogen-bond acceptors (Lipinski definition) is 1. The number of likely N-dealkylation sites (tertiary alicyclic amines) is 1. The predicted octanol–water partition coefficient (Wildman–Crippen LogP) is 1.34. The van der Waals surface area contributed by atoms with E-state index < -0.39 is 5.24 Å². The van der Waals surface area contributed by atoms with Crippen LogP contribution in [0, 0.1) is 0 Å². The third-order valence-corrected chi connectivity index (χ3v) is 1.61. The van der Waals surface area contributed by atoms with Crippen LogP contribution >= 0.6 is 12.2 Å². The summed E-state index contributed by atoms with van der Waals surface area (Å²) in [5.41, 5.74) is 0. The molecule has 1 heterocycles. The smallest absolute Gasteiger partial charge is 0.255 e. The van der Waals surface area contributed by atoms with E-state index in [0.717, 1.165) is 25.9 Å². The molecule has 46 valence electrons. The van der Waals surface area contributed by atoms with Gasteiger partial charge in [0, 0.05) is 13.1 Å². The zero-order chi connectivity index (χ0) is 5.98. The van der Waals surface area contributed by atoms with Crippen molar-refractivity contribution in [1.29, 1.82) is 0 Å². The molecule has 0 aromatic rings. The maximum atomic E-state index is 12.1. The summed E-state index contributed by atoms with van der Waals surface area (Å²) in [6.07, 6.45) is 2.17.